The predicted octanol–water partition coefficient (Wildman–Crippen LogP) is 4.63. The molecule has 0 fully saturated rings. The minimum atomic E-state index is 0.635. The molecule has 0 radical (unpaired) electrons. The Bertz CT molecular complexity index is 914. The van der Waals surface area contributed by atoms with Gasteiger partial charge in [-0.15, -0.1) is 0 Å². The van der Waals surface area contributed by atoms with Gasteiger partial charge < -0.3 is 0 Å². The van der Waals surface area contributed by atoms with Crippen LogP contribution in [0.1, 0.15) is 16.7 Å². The molecule has 3 aromatic rings. The quantitative estimate of drug-likeness (QED) is 0.484. The summed E-state index contributed by atoms with van der Waals surface area (Å²) in [6.45, 7) is 0. The Hall–Kier alpha value is -2.36. The molecule has 0 unspecified atom stereocenters. The van der Waals surface area contributed by atoms with Gasteiger partial charge in [0, 0.05) is 26.9 Å². The van der Waals surface area contributed by atoms with E-state index < -0.39 is 0 Å². The van der Waals surface area contributed by atoms with Crippen molar-refractivity contribution in [2.45, 2.75) is 5.33 Å². The second-order valence-corrected chi connectivity index (χ2v) is 5.09. The van der Waals surface area contributed by atoms with E-state index in [2.05, 4.69) is 28.1 Å². The normalized spacial score (nSPS) is 10.3. The Morgan fingerprint density at radius 3 is 1.90 bits per heavy atom. The average Bonchev–Trinajstić information content (AvgIpc) is 2.51. The number of alkyl halides is 1. The van der Waals surface area contributed by atoms with Crippen molar-refractivity contribution in [3.63, 3.8) is 0 Å². The van der Waals surface area contributed by atoms with Crippen molar-refractivity contribution >= 4 is 37.5 Å². The van der Waals surface area contributed by atoms with Crippen molar-refractivity contribution in [2.75, 3.05) is 0 Å². The van der Waals surface area contributed by atoms with E-state index in [9.17, 15) is 10.5 Å². The zero-order valence-electron chi connectivity index (χ0n) is 10.5. The molecule has 0 saturated carbocycles. The van der Waals surface area contributed by atoms with E-state index in [4.69, 9.17) is 0 Å². The number of halogens is 1. The van der Waals surface area contributed by atoms with Crippen LogP contribution in [0, 0.1) is 22.7 Å². The van der Waals surface area contributed by atoms with Gasteiger partial charge in [-0.1, -0.05) is 52.3 Å². The van der Waals surface area contributed by atoms with E-state index in [1.807, 2.05) is 42.5 Å². The summed E-state index contributed by atoms with van der Waals surface area (Å²) in [5, 5.41) is 23.1. The first-order valence-electron chi connectivity index (χ1n) is 6.13. The predicted molar refractivity (Wildman–Crippen MR) is 83.5 cm³/mol. The molecule has 0 saturated heterocycles. The molecule has 3 heteroatoms. The lowest BCUT2D eigenvalue weighted by molar-refractivity contribution is 1.45. The Balaban J connectivity index is 2.63. The number of nitriles is 2. The molecule has 0 spiro atoms. The van der Waals surface area contributed by atoms with Crippen LogP contribution in [0.3, 0.4) is 0 Å². The van der Waals surface area contributed by atoms with E-state index in [0.29, 0.717) is 11.1 Å². The molecule has 2 nitrogen and oxygen atoms in total. The fourth-order valence-corrected chi connectivity index (χ4v) is 2.90. The third-order valence-electron chi connectivity index (χ3n) is 3.47. The highest BCUT2D eigenvalue weighted by molar-refractivity contribution is 9.08. The summed E-state index contributed by atoms with van der Waals surface area (Å²) in [5.41, 5.74) is 2.36. The van der Waals surface area contributed by atoms with Crippen LogP contribution < -0.4 is 0 Å². The highest BCUT2D eigenvalue weighted by atomic mass is 79.9. The van der Waals surface area contributed by atoms with Gasteiger partial charge in [0.1, 0.15) is 12.1 Å². The third-order valence-corrected chi connectivity index (χ3v) is 4.11. The average molecular weight is 321 g/mol. The van der Waals surface area contributed by atoms with Gasteiger partial charge in [-0.25, -0.2) is 0 Å². The molecule has 0 aliphatic rings. The van der Waals surface area contributed by atoms with Crippen molar-refractivity contribution in [1.29, 1.82) is 10.5 Å². The number of rotatable bonds is 1. The van der Waals surface area contributed by atoms with Crippen LogP contribution in [-0.2, 0) is 5.33 Å². The Morgan fingerprint density at radius 1 is 0.800 bits per heavy atom. The van der Waals surface area contributed by atoms with Gasteiger partial charge in [0.05, 0.1) is 11.1 Å². The molecule has 0 aromatic heterocycles. The minimum absolute atomic E-state index is 0.635. The SMILES string of the molecule is N#Cc1c2ccccc2c(C#N)c2cc(CBr)ccc12. The maximum absolute atomic E-state index is 9.52. The number of nitrogens with zero attached hydrogens (tertiary/aromatic N) is 2. The number of fused-ring (bicyclic) bond motifs is 2. The Kier molecular flexibility index (Phi) is 3.14. The Morgan fingerprint density at radius 2 is 1.35 bits per heavy atom. The summed E-state index contributed by atoms with van der Waals surface area (Å²) >= 11 is 3.43. The summed E-state index contributed by atoms with van der Waals surface area (Å²) in [4.78, 5) is 0. The van der Waals surface area contributed by atoms with Crippen LogP contribution in [0.25, 0.3) is 21.5 Å². The van der Waals surface area contributed by atoms with Gasteiger partial charge >= 0.3 is 0 Å². The monoisotopic (exact) mass is 320 g/mol. The molecular formula is C17H9BrN2. The second-order valence-electron chi connectivity index (χ2n) is 4.53. The zero-order chi connectivity index (χ0) is 14.1. The molecule has 94 valence electrons. The smallest absolute Gasteiger partial charge is 0.100 e. The van der Waals surface area contributed by atoms with E-state index in [0.717, 1.165) is 32.4 Å². The molecule has 0 amide bonds. The number of hydrogen-bond acceptors (Lipinski definition) is 2. The fourth-order valence-electron chi connectivity index (χ4n) is 2.55. The standard InChI is InChI=1S/C17H9BrN2/c18-8-11-5-6-14-15(7-11)17(10-20)13-4-2-1-3-12(13)16(14)9-19/h1-7H,8H2. The van der Waals surface area contributed by atoms with Crippen molar-refractivity contribution in [1.82, 2.24) is 0 Å². The molecule has 0 N–H and O–H groups in total. The lowest BCUT2D eigenvalue weighted by atomic mass is 9.92. The van der Waals surface area contributed by atoms with Crippen LogP contribution in [0.4, 0.5) is 0 Å². The van der Waals surface area contributed by atoms with Gasteiger partial charge in [-0.05, 0) is 11.6 Å². The van der Waals surface area contributed by atoms with E-state index in [1.54, 1.807) is 0 Å². The third kappa shape index (κ3) is 1.76. The molecule has 0 atom stereocenters. The fraction of sp³-hybridized carbons (Fsp3) is 0.0588. The maximum atomic E-state index is 9.52. The van der Waals surface area contributed by atoms with Crippen LogP contribution in [-0.4, -0.2) is 0 Å². The van der Waals surface area contributed by atoms with Crippen LogP contribution in [0.2, 0.25) is 0 Å². The lowest BCUT2D eigenvalue weighted by Gasteiger charge is -2.09. The summed E-state index contributed by atoms with van der Waals surface area (Å²) < 4.78 is 0. The molecule has 0 bridgehead atoms. The number of benzene rings is 3. The Labute approximate surface area is 125 Å². The topological polar surface area (TPSA) is 47.6 Å². The van der Waals surface area contributed by atoms with Gasteiger partial charge in [0.25, 0.3) is 0 Å². The van der Waals surface area contributed by atoms with E-state index in [1.165, 1.54) is 0 Å². The molecule has 0 aliphatic carbocycles. The number of hydrogen-bond donors (Lipinski definition) is 0. The molecule has 3 rings (SSSR count). The molecule has 3 aromatic carbocycles. The van der Waals surface area contributed by atoms with Gasteiger partial charge in [0.15, 0.2) is 0 Å². The minimum Gasteiger partial charge on any atom is -0.192 e. The second kappa shape index (κ2) is 4.96. The van der Waals surface area contributed by atoms with Crippen molar-refractivity contribution in [3.8, 4) is 12.1 Å². The van der Waals surface area contributed by atoms with Gasteiger partial charge in [-0.2, -0.15) is 10.5 Å². The molecular weight excluding hydrogens is 312 g/mol. The lowest BCUT2D eigenvalue weighted by Crippen LogP contribution is -1.91. The molecule has 0 aliphatic heterocycles. The first kappa shape index (κ1) is 12.7. The summed E-state index contributed by atoms with van der Waals surface area (Å²) in [5.74, 6) is 0. The zero-order valence-corrected chi connectivity index (χ0v) is 12.1. The van der Waals surface area contributed by atoms with Crippen LogP contribution in [0.15, 0.2) is 42.5 Å². The maximum Gasteiger partial charge on any atom is 0.100 e. The summed E-state index contributed by atoms with van der Waals surface area (Å²) in [6, 6.07) is 18.0. The first-order valence-corrected chi connectivity index (χ1v) is 7.25. The highest BCUT2D eigenvalue weighted by Crippen LogP contribution is 2.32. The van der Waals surface area contributed by atoms with Crippen molar-refractivity contribution in [2.24, 2.45) is 0 Å². The highest BCUT2D eigenvalue weighted by Gasteiger charge is 2.13. The van der Waals surface area contributed by atoms with Crippen LogP contribution in [0.5, 0.6) is 0 Å². The molecule has 20 heavy (non-hydrogen) atoms. The van der Waals surface area contributed by atoms with Crippen molar-refractivity contribution in [3.05, 3.63) is 59.2 Å². The van der Waals surface area contributed by atoms with Crippen LogP contribution >= 0.6 is 15.9 Å². The van der Waals surface area contributed by atoms with E-state index >= 15 is 0 Å². The van der Waals surface area contributed by atoms with Gasteiger partial charge in [0.2, 0.25) is 0 Å². The summed E-state index contributed by atoms with van der Waals surface area (Å²) in [7, 11) is 0. The first-order chi connectivity index (χ1) is 9.80. The van der Waals surface area contributed by atoms with Gasteiger partial charge in [-0.3, -0.25) is 0 Å². The van der Waals surface area contributed by atoms with Crippen molar-refractivity contribution < 1.29 is 0 Å². The van der Waals surface area contributed by atoms with E-state index in [-0.39, 0.29) is 0 Å². The largest absolute Gasteiger partial charge is 0.192 e. The molecule has 0 heterocycles. The summed E-state index contributed by atoms with van der Waals surface area (Å²) in [6.07, 6.45) is 0.